The van der Waals surface area contributed by atoms with E-state index in [9.17, 15) is 9.90 Å². The molecule has 0 bridgehead atoms. The Bertz CT molecular complexity index is 1010. The normalized spacial score (nSPS) is 12.2. The maximum absolute atomic E-state index is 12.9. The van der Waals surface area contributed by atoms with Gasteiger partial charge in [0.1, 0.15) is 22.6 Å². The highest BCUT2D eigenvalue weighted by atomic mass is 35.5. The maximum Gasteiger partial charge on any atom is 0.248 e. The molecule has 154 valence electrons. The Kier molecular flexibility index (Phi) is 6.39. The van der Waals surface area contributed by atoms with Crippen molar-refractivity contribution in [3.8, 4) is 17.4 Å². The molecule has 0 aliphatic carbocycles. The van der Waals surface area contributed by atoms with Crippen molar-refractivity contribution in [3.63, 3.8) is 0 Å². The second kappa shape index (κ2) is 8.80. The Balaban J connectivity index is 1.86. The Morgan fingerprint density at radius 1 is 1.31 bits per heavy atom. The number of nitrogens with one attached hydrogen (secondary N) is 1. The number of halogens is 2. The van der Waals surface area contributed by atoms with E-state index in [0.29, 0.717) is 28.8 Å². The highest BCUT2D eigenvalue weighted by Gasteiger charge is 2.25. The second-order valence-electron chi connectivity index (χ2n) is 7.10. The topological polar surface area (TPSA) is 81.3 Å². The van der Waals surface area contributed by atoms with E-state index in [1.807, 2.05) is 13.8 Å². The van der Waals surface area contributed by atoms with Crippen LogP contribution in [-0.2, 0) is 11.8 Å². The van der Waals surface area contributed by atoms with Crippen LogP contribution >= 0.6 is 23.2 Å². The van der Waals surface area contributed by atoms with Crippen molar-refractivity contribution in [3.05, 3.63) is 52.8 Å². The van der Waals surface area contributed by atoms with Gasteiger partial charge in [0.05, 0.1) is 11.2 Å². The Hall–Kier alpha value is -2.64. The molecule has 2 aromatic heterocycles. The van der Waals surface area contributed by atoms with Crippen molar-refractivity contribution in [2.24, 2.45) is 13.0 Å². The number of anilines is 1. The van der Waals surface area contributed by atoms with Gasteiger partial charge in [0.15, 0.2) is 11.7 Å². The molecule has 1 atom stereocenters. The maximum atomic E-state index is 12.9. The second-order valence-corrected chi connectivity index (χ2v) is 7.89. The van der Waals surface area contributed by atoms with Gasteiger partial charge in [-0.05, 0) is 24.5 Å². The summed E-state index contributed by atoms with van der Waals surface area (Å²) in [5.41, 5.74) is 0. The smallest absolute Gasteiger partial charge is 0.248 e. The fourth-order valence-corrected chi connectivity index (χ4v) is 3.25. The number of amides is 1. The van der Waals surface area contributed by atoms with E-state index in [1.165, 1.54) is 10.6 Å². The molecule has 3 aromatic rings. The first kappa shape index (κ1) is 21.1. The van der Waals surface area contributed by atoms with Crippen LogP contribution in [0.2, 0.25) is 10.0 Å². The molecule has 7 nitrogen and oxygen atoms in total. The zero-order chi connectivity index (χ0) is 21.1. The van der Waals surface area contributed by atoms with Gasteiger partial charge < -0.3 is 19.7 Å². The third-order valence-corrected chi connectivity index (χ3v) is 5.05. The van der Waals surface area contributed by atoms with Crippen LogP contribution < -0.4 is 10.1 Å². The summed E-state index contributed by atoms with van der Waals surface area (Å²) in [6, 6.07) is 7.52. The van der Waals surface area contributed by atoms with Crippen LogP contribution in [0.25, 0.3) is 0 Å². The number of aryl methyl sites for hydroxylation is 1. The Morgan fingerprint density at radius 3 is 2.72 bits per heavy atom. The number of hydrogen-bond donors (Lipinski definition) is 2. The molecular formula is C20H22Cl2N4O3. The predicted molar refractivity (Wildman–Crippen MR) is 113 cm³/mol. The number of ether oxygens (including phenoxy) is 1. The lowest BCUT2D eigenvalue weighted by Gasteiger charge is -2.20. The van der Waals surface area contributed by atoms with Gasteiger partial charge in [-0.15, -0.1) is 0 Å². The summed E-state index contributed by atoms with van der Waals surface area (Å²) in [4.78, 5) is 12.9. The van der Waals surface area contributed by atoms with Gasteiger partial charge in [-0.25, -0.2) is 0 Å². The van der Waals surface area contributed by atoms with Gasteiger partial charge in [0.2, 0.25) is 5.91 Å². The average molecular weight is 437 g/mol. The largest absolute Gasteiger partial charge is 0.494 e. The summed E-state index contributed by atoms with van der Waals surface area (Å²) in [7, 11) is 1.77. The summed E-state index contributed by atoms with van der Waals surface area (Å²) in [6.07, 6.45) is 3.82. The molecule has 0 spiro atoms. The predicted octanol–water partition coefficient (Wildman–Crippen LogP) is 5.25. The van der Waals surface area contributed by atoms with E-state index in [1.54, 1.807) is 48.4 Å². The number of aromatic hydroxyl groups is 1. The molecule has 0 radical (unpaired) electrons. The van der Waals surface area contributed by atoms with Gasteiger partial charge in [0, 0.05) is 25.4 Å². The number of benzene rings is 1. The minimum absolute atomic E-state index is 0.0972. The highest BCUT2D eigenvalue weighted by molar-refractivity contribution is 6.42. The summed E-state index contributed by atoms with van der Waals surface area (Å²) in [5.74, 6) is 0.972. The van der Waals surface area contributed by atoms with Crippen molar-refractivity contribution in [2.75, 3.05) is 5.32 Å². The summed E-state index contributed by atoms with van der Waals surface area (Å²) in [6.45, 7) is 4.01. The Labute approximate surface area is 178 Å². The average Bonchev–Trinajstić information content (AvgIpc) is 3.21. The Morgan fingerprint density at radius 2 is 2.07 bits per heavy atom. The third-order valence-electron chi connectivity index (χ3n) is 4.24. The standard InChI is InChI=1S/C20H22Cl2N4O3/c1-12(2)9-15(20(28)23-17-7-8-25(3)24-17)26-11-13(10-18(26)27)29-16-6-4-5-14(21)19(16)22/h4-8,10-12,15,27H,9H2,1-3H3,(H,23,24,28)/t15-/m0/s1. The molecule has 0 aliphatic heterocycles. The number of hydrogen-bond acceptors (Lipinski definition) is 4. The van der Waals surface area contributed by atoms with Gasteiger partial charge >= 0.3 is 0 Å². The molecule has 1 aromatic carbocycles. The first-order valence-corrected chi connectivity index (χ1v) is 9.83. The van der Waals surface area contributed by atoms with Crippen molar-refractivity contribution in [1.29, 1.82) is 0 Å². The van der Waals surface area contributed by atoms with Gasteiger partial charge in [-0.1, -0.05) is 43.1 Å². The lowest BCUT2D eigenvalue weighted by molar-refractivity contribution is -0.119. The molecule has 0 aliphatic rings. The van der Waals surface area contributed by atoms with Crippen molar-refractivity contribution in [2.45, 2.75) is 26.3 Å². The number of aromatic nitrogens is 3. The van der Waals surface area contributed by atoms with Crippen LogP contribution in [0.5, 0.6) is 17.4 Å². The van der Waals surface area contributed by atoms with Crippen molar-refractivity contribution in [1.82, 2.24) is 14.3 Å². The highest BCUT2D eigenvalue weighted by Crippen LogP contribution is 2.37. The zero-order valence-electron chi connectivity index (χ0n) is 16.3. The lowest BCUT2D eigenvalue weighted by atomic mass is 10.0. The van der Waals surface area contributed by atoms with E-state index >= 15 is 0 Å². The molecule has 0 saturated carbocycles. The van der Waals surface area contributed by atoms with E-state index < -0.39 is 6.04 Å². The fourth-order valence-electron chi connectivity index (χ4n) is 2.92. The lowest BCUT2D eigenvalue weighted by Crippen LogP contribution is -2.27. The SMILES string of the molecule is CC(C)C[C@@H](C(=O)Nc1ccn(C)n1)n1cc(Oc2cccc(Cl)c2Cl)cc1O. The van der Waals surface area contributed by atoms with Gasteiger partial charge in [0.25, 0.3) is 0 Å². The minimum atomic E-state index is -0.649. The molecule has 29 heavy (non-hydrogen) atoms. The van der Waals surface area contributed by atoms with E-state index in [-0.39, 0.29) is 22.7 Å². The molecule has 1 amide bonds. The number of nitrogens with zero attached hydrogens (tertiary/aromatic N) is 3. The molecule has 0 fully saturated rings. The third kappa shape index (κ3) is 5.05. The molecule has 3 rings (SSSR count). The number of carbonyl (C=O) groups is 1. The van der Waals surface area contributed by atoms with Crippen LogP contribution in [0.15, 0.2) is 42.7 Å². The van der Waals surface area contributed by atoms with Gasteiger partial charge in [-0.3, -0.25) is 9.48 Å². The zero-order valence-corrected chi connectivity index (χ0v) is 17.8. The van der Waals surface area contributed by atoms with Crippen LogP contribution in [0.1, 0.15) is 26.3 Å². The fraction of sp³-hybridized carbons (Fsp3) is 0.300. The summed E-state index contributed by atoms with van der Waals surface area (Å²) >= 11 is 12.2. The molecule has 0 unspecified atom stereocenters. The minimum Gasteiger partial charge on any atom is -0.494 e. The van der Waals surface area contributed by atoms with Crippen molar-refractivity contribution >= 4 is 34.9 Å². The van der Waals surface area contributed by atoms with E-state index in [0.717, 1.165) is 0 Å². The first-order valence-electron chi connectivity index (χ1n) is 9.07. The first-order chi connectivity index (χ1) is 13.7. The number of rotatable bonds is 7. The van der Waals surface area contributed by atoms with E-state index in [2.05, 4.69) is 10.4 Å². The molecule has 2 heterocycles. The van der Waals surface area contributed by atoms with Gasteiger partial charge in [-0.2, -0.15) is 5.10 Å². The molecular weight excluding hydrogens is 415 g/mol. The van der Waals surface area contributed by atoms with Crippen molar-refractivity contribution < 1.29 is 14.6 Å². The quantitative estimate of drug-likeness (QED) is 0.529. The number of carbonyl (C=O) groups excluding carboxylic acids is 1. The van der Waals surface area contributed by atoms with Crippen LogP contribution in [0.4, 0.5) is 5.82 Å². The summed E-state index contributed by atoms with van der Waals surface area (Å²) < 4.78 is 8.84. The molecule has 0 saturated heterocycles. The summed E-state index contributed by atoms with van der Waals surface area (Å²) in [5, 5.41) is 18.0. The monoisotopic (exact) mass is 436 g/mol. The molecule has 2 N–H and O–H groups in total. The van der Waals surface area contributed by atoms with E-state index in [4.69, 9.17) is 27.9 Å². The van der Waals surface area contributed by atoms with Crippen LogP contribution in [0.3, 0.4) is 0 Å². The molecule has 9 heteroatoms. The van der Waals surface area contributed by atoms with Crippen LogP contribution in [-0.4, -0.2) is 25.4 Å². The van der Waals surface area contributed by atoms with Crippen LogP contribution in [0, 0.1) is 5.92 Å².